The average molecular weight is 445 g/mol. The number of hydrogen-bond acceptors (Lipinski definition) is 3. The quantitative estimate of drug-likeness (QED) is 0.242. The zero-order valence-corrected chi connectivity index (χ0v) is 18.3. The number of nitrogens with one attached hydrogen (secondary N) is 1. The number of benzene rings is 2. The number of nitrogens with zero attached hydrogens (tertiary/aromatic N) is 2. The minimum Gasteiger partial charge on any atom is -0.370 e. The van der Waals surface area contributed by atoms with Crippen molar-refractivity contribution in [3.8, 4) is 11.8 Å². The molecule has 0 spiro atoms. The van der Waals surface area contributed by atoms with Crippen LogP contribution in [0.2, 0.25) is 0 Å². The molecule has 1 atom stereocenters. The van der Waals surface area contributed by atoms with Gasteiger partial charge in [0.25, 0.3) is 0 Å². The zero-order valence-electron chi connectivity index (χ0n) is 18.3. The van der Waals surface area contributed by atoms with Gasteiger partial charge in [-0.2, -0.15) is 0 Å². The van der Waals surface area contributed by atoms with Crippen molar-refractivity contribution >= 4 is 18.5 Å². The van der Waals surface area contributed by atoms with Crippen LogP contribution in [-0.2, 0) is 16.9 Å². The molecule has 1 aromatic heterocycles. The van der Waals surface area contributed by atoms with Crippen molar-refractivity contribution < 1.29 is 14.0 Å². The van der Waals surface area contributed by atoms with Crippen LogP contribution in [0.5, 0.6) is 0 Å². The van der Waals surface area contributed by atoms with Crippen molar-refractivity contribution in [2.24, 2.45) is 10.7 Å². The zero-order chi connectivity index (χ0) is 23.7. The molecule has 0 aliphatic carbocycles. The fourth-order valence-electron chi connectivity index (χ4n) is 3.51. The lowest BCUT2D eigenvalue weighted by molar-refractivity contribution is -0.111. The number of rotatable bonds is 8. The predicted octanol–water partition coefficient (Wildman–Crippen LogP) is 3.04. The Bertz CT molecular complexity index is 1210. The summed E-state index contributed by atoms with van der Waals surface area (Å²) in [6.45, 7) is -0.208. The molecule has 6 nitrogen and oxygen atoms in total. The number of nitrogens with two attached hydrogens (primary N) is 1. The number of carbonyl (C=O) groups is 2. The fraction of sp³-hybridized carbons (Fsp3) is 0.192. The van der Waals surface area contributed by atoms with E-state index in [9.17, 15) is 14.0 Å². The van der Waals surface area contributed by atoms with E-state index < -0.39 is 12.2 Å². The van der Waals surface area contributed by atoms with Gasteiger partial charge >= 0.3 is 0 Å². The lowest BCUT2D eigenvalue weighted by Crippen LogP contribution is -2.51. The van der Waals surface area contributed by atoms with Gasteiger partial charge in [0.15, 0.2) is 18.5 Å². The first kappa shape index (κ1) is 23.5. The summed E-state index contributed by atoms with van der Waals surface area (Å²) >= 11 is 0. The van der Waals surface area contributed by atoms with Crippen molar-refractivity contribution in [2.45, 2.75) is 18.5 Å². The normalized spacial score (nSPS) is 12.8. The summed E-state index contributed by atoms with van der Waals surface area (Å²) in [6, 6.07) is 18.4. The number of halogens is 1. The lowest BCUT2D eigenvalue weighted by Gasteiger charge is -2.30. The van der Waals surface area contributed by atoms with Gasteiger partial charge in [0.05, 0.1) is 12.4 Å². The highest BCUT2D eigenvalue weighted by Gasteiger charge is 2.36. The maximum Gasteiger partial charge on any atom is 0.189 e. The monoisotopic (exact) mass is 444 g/mol. The maximum atomic E-state index is 12.7. The van der Waals surface area contributed by atoms with E-state index in [1.165, 1.54) is 7.05 Å². The number of aryl methyl sites for hydroxylation is 1. The molecule has 3 rings (SSSR count). The molecule has 1 heterocycles. The van der Waals surface area contributed by atoms with E-state index in [-0.39, 0.29) is 12.4 Å². The summed E-state index contributed by atoms with van der Waals surface area (Å²) in [5, 5.41) is 2.99. The molecule has 3 aromatic rings. The van der Waals surface area contributed by atoms with Crippen LogP contribution in [0, 0.1) is 11.8 Å². The summed E-state index contributed by atoms with van der Waals surface area (Å²) in [5.74, 6) is 6.26. The number of aldehydes is 2. The molecule has 0 aliphatic rings. The predicted molar refractivity (Wildman–Crippen MR) is 127 cm³/mol. The number of alkyl halides is 1. The van der Waals surface area contributed by atoms with Crippen molar-refractivity contribution in [3.63, 3.8) is 0 Å². The third-order valence-corrected chi connectivity index (χ3v) is 5.22. The first-order valence-electron chi connectivity index (χ1n) is 10.4. The molecule has 0 fully saturated rings. The van der Waals surface area contributed by atoms with Gasteiger partial charge in [-0.25, -0.2) is 0 Å². The van der Waals surface area contributed by atoms with Crippen LogP contribution in [0.1, 0.15) is 39.2 Å². The Balaban J connectivity index is 2.12. The molecule has 0 aliphatic heterocycles. The number of carbonyl (C=O) groups excluding carboxylic acids is 2. The van der Waals surface area contributed by atoms with E-state index in [0.29, 0.717) is 35.2 Å². The first-order valence-corrected chi connectivity index (χ1v) is 10.4. The third-order valence-electron chi connectivity index (χ3n) is 5.22. The molecule has 7 heteroatoms. The Morgan fingerprint density at radius 2 is 1.82 bits per heavy atom. The topological polar surface area (TPSA) is 89.5 Å². The Labute approximate surface area is 192 Å². The second kappa shape index (κ2) is 10.9. The van der Waals surface area contributed by atoms with Crippen LogP contribution in [0.3, 0.4) is 0 Å². The summed E-state index contributed by atoms with van der Waals surface area (Å²) in [7, 11) is 1.50. The highest BCUT2D eigenvalue weighted by Crippen LogP contribution is 2.30. The van der Waals surface area contributed by atoms with Crippen LogP contribution >= 0.6 is 0 Å². The number of guanidine groups is 1. The van der Waals surface area contributed by atoms with Gasteiger partial charge in [0.2, 0.25) is 0 Å². The minimum absolute atomic E-state index is 0.0482. The van der Waals surface area contributed by atoms with Gasteiger partial charge < -0.3 is 15.6 Å². The summed E-state index contributed by atoms with van der Waals surface area (Å²) in [4.78, 5) is 28.2. The third kappa shape index (κ3) is 5.36. The van der Waals surface area contributed by atoms with Crippen LogP contribution in [-0.4, -0.2) is 36.8 Å². The van der Waals surface area contributed by atoms with E-state index in [4.69, 9.17) is 5.73 Å². The Morgan fingerprint density at radius 3 is 2.48 bits per heavy atom. The van der Waals surface area contributed by atoms with Crippen LogP contribution < -0.4 is 11.1 Å². The van der Waals surface area contributed by atoms with E-state index in [1.54, 1.807) is 35.0 Å². The van der Waals surface area contributed by atoms with Crippen LogP contribution in [0.25, 0.3) is 0 Å². The molecule has 168 valence electrons. The Morgan fingerprint density at radius 1 is 1.09 bits per heavy atom. The highest BCUT2D eigenvalue weighted by molar-refractivity contribution is 5.87. The maximum absolute atomic E-state index is 12.7. The van der Waals surface area contributed by atoms with Crippen molar-refractivity contribution in [1.29, 1.82) is 0 Å². The van der Waals surface area contributed by atoms with E-state index >= 15 is 0 Å². The Hall–Kier alpha value is -4.18. The van der Waals surface area contributed by atoms with E-state index in [1.807, 2.05) is 36.4 Å². The fourth-order valence-corrected chi connectivity index (χ4v) is 3.51. The molecule has 0 amide bonds. The van der Waals surface area contributed by atoms with E-state index in [0.717, 1.165) is 11.8 Å². The second-order valence-corrected chi connectivity index (χ2v) is 7.36. The summed E-state index contributed by atoms with van der Waals surface area (Å²) < 4.78 is 14.4. The molecule has 0 radical (unpaired) electrons. The van der Waals surface area contributed by atoms with Gasteiger partial charge in [-0.1, -0.05) is 42.2 Å². The highest BCUT2D eigenvalue weighted by atomic mass is 19.1. The minimum atomic E-state index is -1.42. The summed E-state index contributed by atoms with van der Waals surface area (Å²) in [6.07, 6.45) is 3.31. The van der Waals surface area contributed by atoms with Gasteiger partial charge in [0, 0.05) is 36.5 Å². The molecular weight excluding hydrogens is 419 g/mol. The van der Waals surface area contributed by atoms with Crippen molar-refractivity contribution in [2.75, 3.05) is 13.7 Å². The van der Waals surface area contributed by atoms with Gasteiger partial charge in [-0.15, -0.1) is 0 Å². The largest absolute Gasteiger partial charge is 0.370 e. The standard InChI is InChI=1S/C26H25FN4O2/c1-29-25(28)30-26(19-33,23-16-24(18-32)31(17-23)14-6-13-27)22-10-5-9-21(15-22)12-11-20-7-3-2-4-8-20/h2-5,7-10,15-19H,6,13-14H2,1H3,(H3,28,29,30). The van der Waals surface area contributed by atoms with Gasteiger partial charge in [-0.3, -0.25) is 19.0 Å². The Kier molecular flexibility index (Phi) is 7.77. The number of hydrogen-bond donors (Lipinski definition) is 2. The molecule has 1 unspecified atom stereocenters. The molecule has 33 heavy (non-hydrogen) atoms. The lowest BCUT2D eigenvalue weighted by atomic mass is 9.84. The van der Waals surface area contributed by atoms with Crippen LogP contribution in [0.4, 0.5) is 4.39 Å². The first-order chi connectivity index (χ1) is 16.1. The van der Waals surface area contributed by atoms with Crippen molar-refractivity contribution in [3.05, 3.63) is 94.8 Å². The summed E-state index contributed by atoms with van der Waals surface area (Å²) in [5.41, 5.74) is 7.50. The molecule has 0 saturated carbocycles. The number of aromatic nitrogens is 1. The molecule has 0 bridgehead atoms. The van der Waals surface area contributed by atoms with Gasteiger partial charge in [0.1, 0.15) is 5.54 Å². The average Bonchev–Trinajstić information content (AvgIpc) is 3.29. The molecule has 0 saturated heterocycles. The van der Waals surface area contributed by atoms with Crippen LogP contribution in [0.15, 0.2) is 71.9 Å². The molecular formula is C26H25FN4O2. The number of aliphatic imine (C=N–C) groups is 1. The van der Waals surface area contributed by atoms with Gasteiger partial charge in [-0.05, 0) is 42.3 Å². The van der Waals surface area contributed by atoms with E-state index in [2.05, 4.69) is 22.2 Å². The SMILES string of the molecule is CN=C(N)NC(C=O)(c1cccc(C#Cc2ccccc2)c1)c1cc(C=O)n(CCCF)c1. The second-order valence-electron chi connectivity index (χ2n) is 7.36. The molecule has 2 aromatic carbocycles. The van der Waals surface area contributed by atoms with Crippen molar-refractivity contribution in [1.82, 2.24) is 9.88 Å². The molecule has 3 N–H and O–H groups in total. The smallest absolute Gasteiger partial charge is 0.189 e.